The second kappa shape index (κ2) is 4.29. The van der Waals surface area contributed by atoms with Crippen molar-refractivity contribution < 1.29 is 8.78 Å². The maximum Gasteiger partial charge on any atom is 0.178 e. The number of aromatic nitrogens is 2. The molecule has 92 valence electrons. The first-order chi connectivity index (χ1) is 8.65. The zero-order valence-electron chi connectivity index (χ0n) is 9.11. The molecule has 0 saturated heterocycles. The van der Waals surface area contributed by atoms with Gasteiger partial charge in [-0.25, -0.2) is 8.78 Å². The Balaban J connectivity index is 2.22. The lowest BCUT2D eigenvalue weighted by atomic mass is 10.3. The minimum atomic E-state index is -0.624. The van der Waals surface area contributed by atoms with Crippen molar-refractivity contribution in [3.8, 4) is 0 Å². The summed E-state index contributed by atoms with van der Waals surface area (Å²) in [5.74, 6) is -1.23. The van der Waals surface area contributed by atoms with Gasteiger partial charge in [0.1, 0.15) is 11.3 Å². The molecule has 0 amide bonds. The number of rotatable bonds is 2. The molecule has 0 unspecified atom stereocenters. The smallest absolute Gasteiger partial charge is 0.178 e. The molecule has 2 aromatic heterocycles. The highest BCUT2D eigenvalue weighted by atomic mass is 32.1. The van der Waals surface area contributed by atoms with Crippen molar-refractivity contribution in [2.75, 3.05) is 0 Å². The first-order valence-electron chi connectivity index (χ1n) is 5.25. The minimum Gasteiger partial charge on any atom is -0.328 e. The highest BCUT2D eigenvalue weighted by Crippen LogP contribution is 2.21. The fraction of sp³-hybridized carbons (Fsp3) is 0.0833. The van der Waals surface area contributed by atoms with E-state index in [9.17, 15) is 8.78 Å². The van der Waals surface area contributed by atoms with Crippen LogP contribution < -0.4 is 0 Å². The van der Waals surface area contributed by atoms with Gasteiger partial charge in [0.15, 0.2) is 10.6 Å². The fourth-order valence-electron chi connectivity index (χ4n) is 1.90. The fourth-order valence-corrected chi connectivity index (χ4v) is 2.85. The number of aromatic amines is 1. The van der Waals surface area contributed by atoms with Crippen LogP contribution in [0.2, 0.25) is 0 Å². The SMILES string of the molecule is Fc1cc(F)c2[nH]c(=S)n(Cc3cccs3)c2c1. The lowest BCUT2D eigenvalue weighted by Crippen LogP contribution is -1.98. The van der Waals surface area contributed by atoms with Crippen LogP contribution in [0.3, 0.4) is 0 Å². The molecule has 2 heterocycles. The topological polar surface area (TPSA) is 20.7 Å². The number of hydrogen-bond donors (Lipinski definition) is 1. The summed E-state index contributed by atoms with van der Waals surface area (Å²) >= 11 is 6.73. The Hall–Kier alpha value is -1.53. The van der Waals surface area contributed by atoms with E-state index in [1.54, 1.807) is 15.9 Å². The maximum absolute atomic E-state index is 13.6. The summed E-state index contributed by atoms with van der Waals surface area (Å²) < 4.78 is 28.9. The van der Waals surface area contributed by atoms with E-state index in [0.29, 0.717) is 16.8 Å². The van der Waals surface area contributed by atoms with Gasteiger partial charge in [-0.1, -0.05) is 6.07 Å². The van der Waals surface area contributed by atoms with Gasteiger partial charge in [-0.2, -0.15) is 0 Å². The molecule has 0 atom stereocenters. The minimum absolute atomic E-state index is 0.248. The summed E-state index contributed by atoms with van der Waals surface area (Å²) in [6.07, 6.45) is 0. The van der Waals surface area contributed by atoms with Crippen LogP contribution >= 0.6 is 23.6 Å². The van der Waals surface area contributed by atoms with Gasteiger partial charge in [-0.05, 0) is 29.7 Å². The maximum atomic E-state index is 13.6. The molecule has 3 aromatic rings. The molecule has 0 bridgehead atoms. The Morgan fingerprint density at radius 3 is 2.89 bits per heavy atom. The van der Waals surface area contributed by atoms with E-state index in [0.717, 1.165) is 10.9 Å². The van der Waals surface area contributed by atoms with Gasteiger partial charge in [-0.3, -0.25) is 0 Å². The monoisotopic (exact) mass is 282 g/mol. The van der Waals surface area contributed by atoms with Gasteiger partial charge in [0, 0.05) is 10.9 Å². The zero-order chi connectivity index (χ0) is 12.7. The summed E-state index contributed by atoms with van der Waals surface area (Å²) in [5.41, 5.74) is 0.698. The summed E-state index contributed by atoms with van der Waals surface area (Å²) in [5, 5.41) is 1.95. The third-order valence-corrected chi connectivity index (χ3v) is 3.88. The van der Waals surface area contributed by atoms with E-state index in [4.69, 9.17) is 12.2 Å². The average Bonchev–Trinajstić information content (AvgIpc) is 2.91. The molecule has 0 fully saturated rings. The third kappa shape index (κ3) is 1.87. The number of benzene rings is 1. The zero-order valence-corrected chi connectivity index (χ0v) is 10.7. The largest absolute Gasteiger partial charge is 0.328 e. The summed E-state index contributed by atoms with van der Waals surface area (Å²) in [6.45, 7) is 0.513. The second-order valence-electron chi connectivity index (χ2n) is 3.88. The third-order valence-electron chi connectivity index (χ3n) is 2.70. The van der Waals surface area contributed by atoms with Crippen molar-refractivity contribution in [2.45, 2.75) is 6.54 Å². The molecule has 0 aliphatic rings. The molecule has 0 radical (unpaired) electrons. The Labute approximate surface area is 111 Å². The molecular formula is C12H8F2N2S2. The van der Waals surface area contributed by atoms with Crippen LogP contribution in [0.5, 0.6) is 0 Å². The van der Waals surface area contributed by atoms with E-state index in [-0.39, 0.29) is 5.52 Å². The summed E-state index contributed by atoms with van der Waals surface area (Å²) in [4.78, 5) is 3.86. The van der Waals surface area contributed by atoms with Gasteiger partial charge in [0.05, 0.1) is 12.1 Å². The Morgan fingerprint density at radius 1 is 1.33 bits per heavy atom. The molecule has 3 rings (SSSR count). The van der Waals surface area contributed by atoms with Crippen LogP contribution in [0.15, 0.2) is 29.6 Å². The van der Waals surface area contributed by atoms with Crippen LogP contribution in [0.25, 0.3) is 11.0 Å². The lowest BCUT2D eigenvalue weighted by Gasteiger charge is -2.02. The predicted molar refractivity (Wildman–Crippen MR) is 70.5 cm³/mol. The number of nitrogens with one attached hydrogen (secondary N) is 1. The quantitative estimate of drug-likeness (QED) is 0.702. The number of nitrogens with zero attached hydrogens (tertiary/aromatic N) is 1. The highest BCUT2D eigenvalue weighted by Gasteiger charge is 2.11. The molecule has 0 spiro atoms. The van der Waals surface area contributed by atoms with Crippen LogP contribution in [0.4, 0.5) is 8.78 Å². The Morgan fingerprint density at radius 2 is 2.17 bits per heavy atom. The van der Waals surface area contributed by atoms with Crippen LogP contribution in [-0.2, 0) is 6.54 Å². The average molecular weight is 282 g/mol. The van der Waals surface area contributed by atoms with Gasteiger partial charge in [-0.15, -0.1) is 11.3 Å². The van der Waals surface area contributed by atoms with Crippen LogP contribution in [-0.4, -0.2) is 9.55 Å². The number of halogens is 2. The lowest BCUT2D eigenvalue weighted by molar-refractivity contribution is 0.590. The van der Waals surface area contributed by atoms with E-state index in [2.05, 4.69) is 4.98 Å². The standard InChI is InChI=1S/C12H8F2N2S2/c13-7-4-9(14)11-10(5-7)16(12(17)15-11)6-8-2-1-3-18-8/h1-5H,6H2,(H,15,17). The predicted octanol–water partition coefficient (Wildman–Crippen LogP) is 4.09. The number of imidazole rings is 1. The molecule has 1 aromatic carbocycles. The van der Waals surface area contributed by atoms with Crippen molar-refractivity contribution in [1.29, 1.82) is 0 Å². The normalized spacial score (nSPS) is 11.2. The number of hydrogen-bond acceptors (Lipinski definition) is 2. The number of H-pyrrole nitrogens is 1. The molecule has 0 aliphatic carbocycles. The summed E-state index contributed by atoms with van der Waals surface area (Å²) in [7, 11) is 0. The van der Waals surface area contributed by atoms with Crippen molar-refractivity contribution in [2.24, 2.45) is 0 Å². The molecule has 0 saturated carbocycles. The van der Waals surface area contributed by atoms with Crippen LogP contribution in [0, 0.1) is 16.4 Å². The van der Waals surface area contributed by atoms with Gasteiger partial charge in [0.25, 0.3) is 0 Å². The van der Waals surface area contributed by atoms with Crippen molar-refractivity contribution in [3.05, 3.63) is 50.9 Å². The van der Waals surface area contributed by atoms with Gasteiger partial charge >= 0.3 is 0 Å². The number of thiophene rings is 1. The molecule has 18 heavy (non-hydrogen) atoms. The van der Waals surface area contributed by atoms with Crippen LogP contribution in [0.1, 0.15) is 4.88 Å². The second-order valence-corrected chi connectivity index (χ2v) is 5.30. The number of fused-ring (bicyclic) bond motifs is 1. The van der Waals surface area contributed by atoms with Crippen molar-refractivity contribution in [3.63, 3.8) is 0 Å². The first-order valence-corrected chi connectivity index (χ1v) is 6.54. The molecule has 0 aliphatic heterocycles. The van der Waals surface area contributed by atoms with E-state index < -0.39 is 11.6 Å². The molecule has 1 N–H and O–H groups in total. The Bertz CT molecular complexity index is 756. The first kappa shape index (κ1) is 11.6. The van der Waals surface area contributed by atoms with Crippen molar-refractivity contribution >= 4 is 34.6 Å². The highest BCUT2D eigenvalue weighted by molar-refractivity contribution is 7.71. The van der Waals surface area contributed by atoms with Gasteiger partial charge < -0.3 is 9.55 Å². The molecular weight excluding hydrogens is 274 g/mol. The summed E-state index contributed by atoms with van der Waals surface area (Å²) in [6, 6.07) is 6.03. The van der Waals surface area contributed by atoms with E-state index in [1.165, 1.54) is 6.07 Å². The molecule has 6 heteroatoms. The molecule has 2 nitrogen and oxygen atoms in total. The van der Waals surface area contributed by atoms with E-state index >= 15 is 0 Å². The van der Waals surface area contributed by atoms with E-state index in [1.807, 2.05) is 17.5 Å². The Kier molecular flexibility index (Phi) is 2.76. The van der Waals surface area contributed by atoms with Gasteiger partial charge in [0.2, 0.25) is 0 Å². The van der Waals surface area contributed by atoms with Crippen molar-refractivity contribution in [1.82, 2.24) is 9.55 Å².